The Hall–Kier alpha value is -1.81. The number of aliphatic carboxylic acids is 1. The van der Waals surface area contributed by atoms with Crippen molar-refractivity contribution in [2.75, 3.05) is 6.54 Å². The summed E-state index contributed by atoms with van der Waals surface area (Å²) >= 11 is 0. The number of carbonyl (C=O) groups is 1. The van der Waals surface area contributed by atoms with Gasteiger partial charge in [0.1, 0.15) is 5.54 Å². The molecule has 1 aliphatic rings. The van der Waals surface area contributed by atoms with E-state index in [0.717, 1.165) is 29.4 Å². The molecule has 2 aromatic rings. The van der Waals surface area contributed by atoms with Crippen LogP contribution >= 0.6 is 0 Å². The van der Waals surface area contributed by atoms with E-state index in [1.165, 1.54) is 0 Å². The number of carboxylic acid groups (broad SMARTS) is 1. The molecule has 1 aromatic heterocycles. The third kappa shape index (κ3) is 1.37. The highest BCUT2D eigenvalue weighted by Gasteiger charge is 2.44. The van der Waals surface area contributed by atoms with Crippen LogP contribution in [0.3, 0.4) is 0 Å². The van der Waals surface area contributed by atoms with Crippen LogP contribution in [0.2, 0.25) is 0 Å². The number of aromatic amines is 1. The molecule has 0 radical (unpaired) electrons. The van der Waals surface area contributed by atoms with E-state index in [9.17, 15) is 9.90 Å². The van der Waals surface area contributed by atoms with Gasteiger partial charge in [-0.15, -0.1) is 0 Å². The highest BCUT2D eigenvalue weighted by molar-refractivity contribution is 5.92. The lowest BCUT2D eigenvalue weighted by molar-refractivity contribution is -0.144. The zero-order chi connectivity index (χ0) is 11.9. The molecule has 1 saturated heterocycles. The molecule has 1 aliphatic heterocycles. The average Bonchev–Trinajstić information content (AvgIpc) is 2.95. The summed E-state index contributed by atoms with van der Waals surface area (Å²) in [6, 6.07) is 7.80. The topological polar surface area (TPSA) is 65.1 Å². The summed E-state index contributed by atoms with van der Waals surface area (Å²) in [6.07, 6.45) is 3.35. The summed E-state index contributed by atoms with van der Waals surface area (Å²) in [7, 11) is 0. The molecule has 0 saturated carbocycles. The number of para-hydroxylation sites is 1. The number of benzene rings is 1. The Morgan fingerprint density at radius 3 is 2.88 bits per heavy atom. The monoisotopic (exact) mass is 230 g/mol. The van der Waals surface area contributed by atoms with Crippen molar-refractivity contribution in [2.24, 2.45) is 0 Å². The molecule has 1 fully saturated rings. The summed E-state index contributed by atoms with van der Waals surface area (Å²) < 4.78 is 0. The van der Waals surface area contributed by atoms with E-state index in [1.54, 1.807) is 0 Å². The van der Waals surface area contributed by atoms with Gasteiger partial charge in [-0.1, -0.05) is 18.2 Å². The maximum atomic E-state index is 11.6. The maximum Gasteiger partial charge on any atom is 0.328 e. The SMILES string of the molecule is O=C(O)[C@@]1(c2c[nH]c3ccccc23)CCCN1. The molecule has 88 valence electrons. The summed E-state index contributed by atoms with van der Waals surface area (Å²) in [6.45, 7) is 0.756. The first-order valence-corrected chi connectivity index (χ1v) is 5.79. The van der Waals surface area contributed by atoms with Crippen molar-refractivity contribution in [3.63, 3.8) is 0 Å². The van der Waals surface area contributed by atoms with Gasteiger partial charge >= 0.3 is 5.97 Å². The van der Waals surface area contributed by atoms with Crippen molar-refractivity contribution in [3.8, 4) is 0 Å². The van der Waals surface area contributed by atoms with E-state index in [-0.39, 0.29) is 0 Å². The fourth-order valence-electron chi connectivity index (χ4n) is 2.70. The van der Waals surface area contributed by atoms with Gasteiger partial charge in [-0.05, 0) is 25.5 Å². The number of hydrogen-bond acceptors (Lipinski definition) is 2. The Kier molecular flexibility index (Phi) is 2.19. The Labute approximate surface area is 98.6 Å². The van der Waals surface area contributed by atoms with Crippen LogP contribution in [0.1, 0.15) is 18.4 Å². The van der Waals surface area contributed by atoms with Crippen LogP contribution in [0.5, 0.6) is 0 Å². The van der Waals surface area contributed by atoms with Gasteiger partial charge in [-0.3, -0.25) is 5.32 Å². The number of aromatic nitrogens is 1. The first kappa shape index (κ1) is 10.4. The van der Waals surface area contributed by atoms with Gasteiger partial charge in [0.2, 0.25) is 0 Å². The van der Waals surface area contributed by atoms with E-state index in [2.05, 4.69) is 10.3 Å². The second-order valence-electron chi connectivity index (χ2n) is 4.49. The van der Waals surface area contributed by atoms with E-state index in [0.29, 0.717) is 6.42 Å². The van der Waals surface area contributed by atoms with Crippen molar-refractivity contribution >= 4 is 16.9 Å². The van der Waals surface area contributed by atoms with Crippen LogP contribution in [0.15, 0.2) is 30.5 Å². The molecule has 1 aromatic carbocycles. The smallest absolute Gasteiger partial charge is 0.328 e. The number of nitrogens with one attached hydrogen (secondary N) is 2. The minimum Gasteiger partial charge on any atom is -0.480 e. The van der Waals surface area contributed by atoms with Crippen molar-refractivity contribution in [3.05, 3.63) is 36.0 Å². The van der Waals surface area contributed by atoms with Gasteiger partial charge in [-0.25, -0.2) is 4.79 Å². The number of carboxylic acids is 1. The Bertz CT molecular complexity index is 568. The zero-order valence-electron chi connectivity index (χ0n) is 9.36. The Morgan fingerprint density at radius 1 is 1.35 bits per heavy atom. The van der Waals surface area contributed by atoms with Gasteiger partial charge in [-0.2, -0.15) is 0 Å². The normalized spacial score (nSPS) is 24.2. The quantitative estimate of drug-likeness (QED) is 0.737. The second-order valence-corrected chi connectivity index (χ2v) is 4.49. The fourth-order valence-corrected chi connectivity index (χ4v) is 2.70. The standard InChI is InChI=1S/C13H14N2O2/c16-12(17)13(6-3-7-15-13)10-8-14-11-5-2-1-4-9(10)11/h1-2,4-5,8,14-15H,3,6-7H2,(H,16,17)/t13-/m0/s1. The zero-order valence-corrected chi connectivity index (χ0v) is 9.36. The largest absolute Gasteiger partial charge is 0.480 e. The van der Waals surface area contributed by atoms with Crippen molar-refractivity contribution in [2.45, 2.75) is 18.4 Å². The number of fused-ring (bicyclic) bond motifs is 1. The highest BCUT2D eigenvalue weighted by atomic mass is 16.4. The fraction of sp³-hybridized carbons (Fsp3) is 0.308. The molecule has 0 aliphatic carbocycles. The predicted molar refractivity (Wildman–Crippen MR) is 64.8 cm³/mol. The predicted octanol–water partition coefficient (Wildman–Crippen LogP) is 1.83. The van der Waals surface area contributed by atoms with Gasteiger partial charge in [0.05, 0.1) is 0 Å². The third-order valence-electron chi connectivity index (χ3n) is 3.57. The van der Waals surface area contributed by atoms with Crippen LogP contribution < -0.4 is 5.32 Å². The lowest BCUT2D eigenvalue weighted by Crippen LogP contribution is -2.44. The molecule has 0 bridgehead atoms. The molecule has 0 amide bonds. The highest BCUT2D eigenvalue weighted by Crippen LogP contribution is 2.35. The molecule has 0 unspecified atom stereocenters. The van der Waals surface area contributed by atoms with Gasteiger partial charge in [0, 0.05) is 22.7 Å². The second kappa shape index (κ2) is 3.60. The van der Waals surface area contributed by atoms with E-state index >= 15 is 0 Å². The molecule has 1 atom stereocenters. The molecule has 0 spiro atoms. The molecule has 4 nitrogen and oxygen atoms in total. The molecule has 17 heavy (non-hydrogen) atoms. The number of H-pyrrole nitrogens is 1. The van der Waals surface area contributed by atoms with Gasteiger partial charge in [0.15, 0.2) is 0 Å². The van der Waals surface area contributed by atoms with Crippen molar-refractivity contribution in [1.29, 1.82) is 0 Å². The van der Waals surface area contributed by atoms with Crippen LogP contribution in [0, 0.1) is 0 Å². The van der Waals surface area contributed by atoms with Crippen molar-refractivity contribution < 1.29 is 9.90 Å². The molecule has 4 heteroatoms. The maximum absolute atomic E-state index is 11.6. The van der Waals surface area contributed by atoms with Gasteiger partial charge in [0.25, 0.3) is 0 Å². The molecular weight excluding hydrogens is 216 g/mol. The first-order chi connectivity index (χ1) is 8.24. The van der Waals surface area contributed by atoms with Crippen LogP contribution in [-0.2, 0) is 10.3 Å². The number of hydrogen-bond donors (Lipinski definition) is 3. The Morgan fingerprint density at radius 2 is 2.18 bits per heavy atom. The summed E-state index contributed by atoms with van der Waals surface area (Å²) in [5.74, 6) is -0.792. The van der Waals surface area contributed by atoms with Crippen LogP contribution in [0.4, 0.5) is 0 Å². The molecule has 2 heterocycles. The van der Waals surface area contributed by atoms with Crippen LogP contribution in [-0.4, -0.2) is 22.6 Å². The number of rotatable bonds is 2. The van der Waals surface area contributed by atoms with E-state index < -0.39 is 11.5 Å². The van der Waals surface area contributed by atoms with E-state index in [1.807, 2.05) is 30.5 Å². The molecule has 3 N–H and O–H groups in total. The lowest BCUT2D eigenvalue weighted by atomic mass is 9.88. The lowest BCUT2D eigenvalue weighted by Gasteiger charge is -2.24. The third-order valence-corrected chi connectivity index (χ3v) is 3.57. The van der Waals surface area contributed by atoms with E-state index in [4.69, 9.17) is 0 Å². The van der Waals surface area contributed by atoms with Crippen LogP contribution in [0.25, 0.3) is 10.9 Å². The summed E-state index contributed by atoms with van der Waals surface area (Å²) in [4.78, 5) is 14.7. The minimum atomic E-state index is -0.917. The molecular formula is C13H14N2O2. The Balaban J connectivity index is 2.22. The van der Waals surface area contributed by atoms with Gasteiger partial charge < -0.3 is 10.1 Å². The molecule has 3 rings (SSSR count). The first-order valence-electron chi connectivity index (χ1n) is 5.79. The van der Waals surface area contributed by atoms with Crippen molar-refractivity contribution in [1.82, 2.24) is 10.3 Å². The minimum absolute atomic E-state index is 0.643. The summed E-state index contributed by atoms with van der Waals surface area (Å²) in [5.41, 5.74) is 0.912. The summed E-state index contributed by atoms with van der Waals surface area (Å²) in [5, 5.41) is 13.7. The average molecular weight is 230 g/mol.